The number of H-pyrrole nitrogens is 1. The molecule has 0 bridgehead atoms. The monoisotopic (exact) mass is 873 g/mol. The number of fused-ring (bicyclic) bond motifs is 6. The molecule has 3 fully saturated rings. The lowest BCUT2D eigenvalue weighted by Gasteiger charge is -2.37. The van der Waals surface area contributed by atoms with Gasteiger partial charge in [-0.25, -0.2) is 14.6 Å². The van der Waals surface area contributed by atoms with E-state index in [0.717, 1.165) is 106 Å². The molecule has 4 aromatic rings. The highest BCUT2D eigenvalue weighted by Crippen LogP contribution is 2.45. The molecule has 4 amide bonds. The zero-order chi connectivity index (χ0) is 44.8. The second kappa shape index (κ2) is 17.9. The van der Waals surface area contributed by atoms with Gasteiger partial charge in [-0.1, -0.05) is 39.0 Å². The molecule has 1 aromatic heterocycles. The number of hydrogen-bond acceptors (Lipinski definition) is 10. The molecule has 7 atom stereocenters. The second-order valence-corrected chi connectivity index (χ2v) is 18.3. The first kappa shape index (κ1) is 43.3. The van der Waals surface area contributed by atoms with Crippen molar-refractivity contribution < 1.29 is 38.1 Å². The van der Waals surface area contributed by atoms with Crippen molar-refractivity contribution >= 4 is 46.2 Å². The molecule has 0 saturated carbocycles. The molecule has 6 heterocycles. The van der Waals surface area contributed by atoms with Gasteiger partial charge in [0.05, 0.1) is 50.5 Å². The van der Waals surface area contributed by atoms with Crippen molar-refractivity contribution in [3.8, 4) is 28.1 Å². The van der Waals surface area contributed by atoms with Crippen LogP contribution in [0.15, 0.2) is 53.7 Å². The molecule has 3 saturated heterocycles. The van der Waals surface area contributed by atoms with Crippen LogP contribution in [0.5, 0.6) is 5.75 Å². The zero-order valence-electron chi connectivity index (χ0n) is 37.6. The van der Waals surface area contributed by atoms with Gasteiger partial charge in [-0.3, -0.25) is 14.6 Å². The minimum absolute atomic E-state index is 0.0143. The molecule has 1 unspecified atom stereocenters. The van der Waals surface area contributed by atoms with Crippen LogP contribution in [0.25, 0.3) is 33.2 Å². The molecule has 15 heteroatoms. The van der Waals surface area contributed by atoms with Gasteiger partial charge in [-0.2, -0.15) is 0 Å². The van der Waals surface area contributed by atoms with Crippen molar-refractivity contribution in [3.63, 3.8) is 0 Å². The predicted molar refractivity (Wildman–Crippen MR) is 241 cm³/mol. The molecule has 0 radical (unpaired) electrons. The second-order valence-electron chi connectivity index (χ2n) is 18.3. The lowest BCUT2D eigenvalue weighted by atomic mass is 9.90. The van der Waals surface area contributed by atoms with Crippen molar-refractivity contribution in [1.82, 2.24) is 30.4 Å². The van der Waals surface area contributed by atoms with Gasteiger partial charge >= 0.3 is 12.2 Å². The molecular formula is C49H59N7O8. The minimum atomic E-state index is -0.738. The Bertz CT molecular complexity index is 2490. The Balaban J connectivity index is 0.939. The summed E-state index contributed by atoms with van der Waals surface area (Å²) in [6, 6.07) is 13.1. The number of aromatic amines is 1. The number of aliphatic imine (C=N–C) groups is 1. The van der Waals surface area contributed by atoms with Crippen molar-refractivity contribution in [3.05, 3.63) is 65.6 Å². The van der Waals surface area contributed by atoms with Crippen molar-refractivity contribution in [2.24, 2.45) is 16.8 Å². The maximum Gasteiger partial charge on any atom is 0.407 e. The van der Waals surface area contributed by atoms with Gasteiger partial charge in [-0.05, 0) is 115 Å². The number of nitrogens with zero attached hydrogens (tertiary/aromatic N) is 4. The molecule has 64 heavy (non-hydrogen) atoms. The molecule has 5 aliphatic rings. The first-order chi connectivity index (χ1) is 31.0. The number of nitrogens with one attached hydrogen (secondary N) is 3. The van der Waals surface area contributed by atoms with Gasteiger partial charge in [0.15, 0.2) is 0 Å². The van der Waals surface area contributed by atoms with E-state index in [1.807, 2.05) is 36.8 Å². The highest BCUT2D eigenvalue weighted by molar-refractivity contribution is 6.07. The summed E-state index contributed by atoms with van der Waals surface area (Å²) in [6.07, 6.45) is 6.90. The molecule has 3 N–H and O–H groups in total. The number of rotatable bonds is 10. The van der Waals surface area contributed by atoms with Gasteiger partial charge in [0.1, 0.15) is 30.3 Å². The molecule has 0 aliphatic carbocycles. The molecule has 9 rings (SSSR count). The Morgan fingerprint density at radius 1 is 0.906 bits per heavy atom. The summed E-state index contributed by atoms with van der Waals surface area (Å²) in [6.45, 7) is 9.44. The van der Waals surface area contributed by atoms with Crippen LogP contribution in [-0.4, -0.2) is 107 Å². The standard InChI is InChI=1S/C49H59N7O8/c1-7-32-13-17-40(56(32)47(58)44(54-49(60)62-6)30-9-8-18-63-24-30)38-21-35-34-22-42-36(20-28(34)12-15-37(35)51-38)33-14-11-29(19-31(33)25-64-42)39-23-50-45(52-39)41-16-10-27(4)55(41)46(57)43(26(2)3)53-48(59)61-5/h11-12,14-15,19-20,22-23,26-27,30,32,40-41,43-44H,7-10,13,16-18,21,24-25H2,1-6H3,(H,50,52)(H,53,59)(H,54,60)/t27-,30-,32-,40-,41-,43-,44?/m0/s1. The molecule has 338 valence electrons. The van der Waals surface area contributed by atoms with E-state index in [1.54, 1.807) is 0 Å². The SMILES string of the molecule is CC[C@H]1CC[C@@H](C2=Nc3ccc4cc5c(cc4c3C2)OCc2cc(-c3cnc([C@@H]4CC[C@H](C)N4C(=O)[C@@H](NC(=O)OC)C(C)C)[nH]3)ccc2-5)N1C(=O)C(NC(=O)OC)[C@H]1CCCOC1. The highest BCUT2D eigenvalue weighted by Gasteiger charge is 2.45. The van der Waals surface area contributed by atoms with Crippen LogP contribution in [0.1, 0.15) is 95.6 Å². The van der Waals surface area contributed by atoms with Gasteiger partial charge in [-0.15, -0.1) is 0 Å². The number of carbonyl (C=O) groups is 4. The number of hydrogen-bond donors (Lipinski definition) is 3. The van der Waals surface area contributed by atoms with E-state index >= 15 is 0 Å². The van der Waals surface area contributed by atoms with Crippen LogP contribution >= 0.6 is 0 Å². The Morgan fingerprint density at radius 2 is 1.70 bits per heavy atom. The van der Waals surface area contributed by atoms with Crippen molar-refractivity contribution in [2.45, 2.75) is 122 Å². The number of likely N-dealkylation sites (tertiary alicyclic amines) is 2. The van der Waals surface area contributed by atoms with Crippen LogP contribution in [-0.2, 0) is 36.8 Å². The van der Waals surface area contributed by atoms with E-state index in [2.05, 4.69) is 65.0 Å². The molecular weight excluding hydrogens is 815 g/mol. The average molecular weight is 874 g/mol. The topological polar surface area (TPSA) is 177 Å². The van der Waals surface area contributed by atoms with Gasteiger partial charge in [0.25, 0.3) is 0 Å². The summed E-state index contributed by atoms with van der Waals surface area (Å²) in [5.74, 6) is 1.03. The Morgan fingerprint density at radius 3 is 2.45 bits per heavy atom. The van der Waals surface area contributed by atoms with Crippen LogP contribution < -0.4 is 15.4 Å². The van der Waals surface area contributed by atoms with E-state index in [0.29, 0.717) is 32.1 Å². The number of imidazole rings is 1. The van der Waals surface area contributed by atoms with E-state index in [-0.39, 0.29) is 47.8 Å². The summed E-state index contributed by atoms with van der Waals surface area (Å²) < 4.78 is 22.0. The molecule has 5 aliphatic heterocycles. The Labute approximate surface area is 373 Å². The third-order valence-electron chi connectivity index (χ3n) is 14.1. The lowest BCUT2D eigenvalue weighted by Crippen LogP contribution is -2.57. The number of ether oxygens (including phenoxy) is 4. The molecule has 15 nitrogen and oxygen atoms in total. The van der Waals surface area contributed by atoms with Crippen molar-refractivity contribution in [2.75, 3.05) is 27.4 Å². The number of alkyl carbamates (subject to hydrolysis) is 2. The van der Waals surface area contributed by atoms with Crippen LogP contribution in [0.3, 0.4) is 0 Å². The van der Waals surface area contributed by atoms with Crippen molar-refractivity contribution in [1.29, 1.82) is 0 Å². The highest BCUT2D eigenvalue weighted by atomic mass is 16.5. The summed E-state index contributed by atoms with van der Waals surface area (Å²) in [7, 11) is 2.62. The molecule has 3 aromatic carbocycles. The van der Waals surface area contributed by atoms with E-state index < -0.39 is 24.3 Å². The zero-order valence-corrected chi connectivity index (χ0v) is 37.6. The molecule has 0 spiro atoms. The fourth-order valence-corrected chi connectivity index (χ4v) is 10.7. The van der Waals surface area contributed by atoms with Crippen LogP contribution in [0.4, 0.5) is 15.3 Å². The maximum atomic E-state index is 14.6. The summed E-state index contributed by atoms with van der Waals surface area (Å²) in [5, 5.41) is 7.78. The van der Waals surface area contributed by atoms with E-state index in [9.17, 15) is 19.2 Å². The fraction of sp³-hybridized carbons (Fsp3) is 0.510. The summed E-state index contributed by atoms with van der Waals surface area (Å²) >= 11 is 0. The number of methoxy groups -OCH3 is 2. The normalized spacial score (nSPS) is 23.4. The maximum absolute atomic E-state index is 14.6. The summed E-state index contributed by atoms with van der Waals surface area (Å²) in [4.78, 5) is 70.4. The van der Waals surface area contributed by atoms with E-state index in [4.69, 9.17) is 28.9 Å². The smallest absolute Gasteiger partial charge is 0.407 e. The third kappa shape index (κ3) is 7.96. The predicted octanol–water partition coefficient (Wildman–Crippen LogP) is 7.77. The third-order valence-corrected chi connectivity index (χ3v) is 14.1. The van der Waals surface area contributed by atoms with Gasteiger partial charge < -0.3 is 44.4 Å². The summed E-state index contributed by atoms with van der Waals surface area (Å²) in [5.41, 5.74) is 8.01. The Hall–Kier alpha value is -5.96. The Kier molecular flexibility index (Phi) is 12.1. The first-order valence-corrected chi connectivity index (χ1v) is 22.9. The minimum Gasteiger partial charge on any atom is -0.488 e. The quantitative estimate of drug-likeness (QED) is 0.144. The largest absolute Gasteiger partial charge is 0.488 e. The number of aromatic nitrogens is 2. The van der Waals surface area contributed by atoms with Gasteiger partial charge in [0.2, 0.25) is 11.8 Å². The van der Waals surface area contributed by atoms with E-state index in [1.165, 1.54) is 14.2 Å². The lowest BCUT2D eigenvalue weighted by molar-refractivity contribution is -0.138. The number of carbonyl (C=O) groups excluding carboxylic acids is 4. The fourth-order valence-electron chi connectivity index (χ4n) is 10.7. The van der Waals surface area contributed by atoms with Crippen LogP contribution in [0.2, 0.25) is 0 Å². The average Bonchev–Trinajstić information content (AvgIpc) is 4.14. The number of amides is 4. The van der Waals surface area contributed by atoms with Crippen LogP contribution in [0, 0.1) is 11.8 Å². The van der Waals surface area contributed by atoms with Gasteiger partial charge in [0, 0.05) is 42.3 Å². The number of benzene rings is 3. The first-order valence-electron chi connectivity index (χ1n) is 22.9.